The highest BCUT2D eigenvalue weighted by Gasteiger charge is 2.36. The van der Waals surface area contributed by atoms with E-state index < -0.39 is 5.60 Å². The zero-order chi connectivity index (χ0) is 13.2. The third-order valence-corrected chi connectivity index (χ3v) is 4.51. The van der Waals surface area contributed by atoms with Gasteiger partial charge in [0.1, 0.15) is 0 Å². The van der Waals surface area contributed by atoms with Gasteiger partial charge in [0.15, 0.2) is 0 Å². The summed E-state index contributed by atoms with van der Waals surface area (Å²) in [5.41, 5.74) is -0.746. The second kappa shape index (κ2) is 5.57. The number of hydrogen-bond acceptors (Lipinski definition) is 3. The lowest BCUT2D eigenvalue weighted by molar-refractivity contribution is -0.141. The van der Waals surface area contributed by atoms with Crippen molar-refractivity contribution < 1.29 is 14.6 Å². The number of nitrogens with zero attached hydrogens (tertiary/aromatic N) is 1. The maximum Gasteiger partial charge on any atom is 0.225 e. The van der Waals surface area contributed by atoms with E-state index >= 15 is 0 Å². The molecule has 0 aromatic rings. The average Bonchev–Trinajstić information content (AvgIpc) is 2.74. The van der Waals surface area contributed by atoms with E-state index in [1.54, 1.807) is 4.90 Å². The number of likely N-dealkylation sites (N-methyl/N-ethyl adjacent to an activating group) is 1. The summed E-state index contributed by atoms with van der Waals surface area (Å²) in [6.45, 7) is 3.79. The maximum atomic E-state index is 12.4. The highest BCUT2D eigenvalue weighted by Crippen LogP contribution is 2.33. The number of amides is 1. The molecule has 4 heteroatoms. The van der Waals surface area contributed by atoms with Crippen LogP contribution in [0.4, 0.5) is 0 Å². The second-order valence-electron chi connectivity index (χ2n) is 6.05. The predicted molar refractivity (Wildman–Crippen MR) is 69.1 cm³/mol. The molecule has 1 N–H and O–H groups in total. The Morgan fingerprint density at radius 2 is 2.06 bits per heavy atom. The van der Waals surface area contributed by atoms with Crippen LogP contribution in [0.15, 0.2) is 0 Å². The van der Waals surface area contributed by atoms with E-state index in [1.165, 1.54) is 0 Å². The summed E-state index contributed by atoms with van der Waals surface area (Å²) in [6.07, 6.45) is 4.58. The predicted octanol–water partition coefficient (Wildman–Crippen LogP) is 1.42. The molecule has 1 heterocycles. The first kappa shape index (κ1) is 13.8. The number of ether oxygens (including phenoxy) is 1. The lowest BCUT2D eigenvalue weighted by Crippen LogP contribution is -2.48. The molecule has 2 unspecified atom stereocenters. The van der Waals surface area contributed by atoms with E-state index in [-0.39, 0.29) is 11.8 Å². The van der Waals surface area contributed by atoms with Crippen LogP contribution in [-0.4, -0.2) is 48.3 Å². The first-order valence-electron chi connectivity index (χ1n) is 7.07. The van der Waals surface area contributed by atoms with Gasteiger partial charge < -0.3 is 14.7 Å². The fourth-order valence-electron chi connectivity index (χ4n) is 3.22. The molecule has 1 amide bonds. The Balaban J connectivity index is 1.90. The first-order chi connectivity index (χ1) is 8.52. The topological polar surface area (TPSA) is 49.8 Å². The van der Waals surface area contributed by atoms with Gasteiger partial charge in [-0.25, -0.2) is 0 Å². The van der Waals surface area contributed by atoms with Crippen LogP contribution in [0.25, 0.3) is 0 Å². The third kappa shape index (κ3) is 3.04. The molecular formula is C14H25NO3. The molecule has 2 rings (SSSR count). The maximum absolute atomic E-state index is 12.4. The van der Waals surface area contributed by atoms with Crippen molar-refractivity contribution in [1.29, 1.82) is 0 Å². The van der Waals surface area contributed by atoms with Gasteiger partial charge in [-0.15, -0.1) is 0 Å². The van der Waals surface area contributed by atoms with Crippen LogP contribution >= 0.6 is 0 Å². The van der Waals surface area contributed by atoms with Crippen molar-refractivity contribution in [2.75, 3.05) is 26.8 Å². The Bertz CT molecular complexity index is 299. The summed E-state index contributed by atoms with van der Waals surface area (Å²) in [7, 11) is 1.82. The molecule has 4 nitrogen and oxygen atoms in total. The Labute approximate surface area is 109 Å². The summed E-state index contributed by atoms with van der Waals surface area (Å²) < 4.78 is 5.26. The normalized spacial score (nSPS) is 31.3. The zero-order valence-corrected chi connectivity index (χ0v) is 11.5. The van der Waals surface area contributed by atoms with Crippen LogP contribution < -0.4 is 0 Å². The van der Waals surface area contributed by atoms with Gasteiger partial charge in [0, 0.05) is 45.6 Å². The number of aliphatic hydroxyl groups is 1. The smallest absolute Gasteiger partial charge is 0.225 e. The van der Waals surface area contributed by atoms with Crippen molar-refractivity contribution in [1.82, 2.24) is 4.90 Å². The molecule has 0 aromatic carbocycles. The second-order valence-corrected chi connectivity index (χ2v) is 6.05. The molecule has 1 saturated carbocycles. The van der Waals surface area contributed by atoms with Crippen molar-refractivity contribution in [2.24, 2.45) is 11.8 Å². The number of carbonyl (C=O) groups is 1. The van der Waals surface area contributed by atoms with Crippen molar-refractivity contribution >= 4 is 5.91 Å². The van der Waals surface area contributed by atoms with Crippen molar-refractivity contribution in [3.8, 4) is 0 Å². The van der Waals surface area contributed by atoms with Gasteiger partial charge in [0.25, 0.3) is 0 Å². The number of hydrogen-bond donors (Lipinski definition) is 1. The molecule has 18 heavy (non-hydrogen) atoms. The molecule has 2 aliphatic rings. The minimum Gasteiger partial charge on any atom is -0.388 e. The summed E-state index contributed by atoms with van der Waals surface area (Å²) in [6, 6.07) is 0. The van der Waals surface area contributed by atoms with Gasteiger partial charge in [-0.2, -0.15) is 0 Å². The Morgan fingerprint density at radius 1 is 1.39 bits per heavy atom. The van der Waals surface area contributed by atoms with Crippen LogP contribution in [-0.2, 0) is 9.53 Å². The fourth-order valence-corrected chi connectivity index (χ4v) is 3.22. The summed E-state index contributed by atoms with van der Waals surface area (Å²) in [4.78, 5) is 14.1. The fraction of sp³-hybridized carbons (Fsp3) is 0.929. The van der Waals surface area contributed by atoms with Crippen LogP contribution in [0.2, 0.25) is 0 Å². The first-order valence-corrected chi connectivity index (χ1v) is 7.07. The third-order valence-electron chi connectivity index (χ3n) is 4.51. The highest BCUT2D eigenvalue weighted by molar-refractivity contribution is 5.79. The zero-order valence-electron chi connectivity index (χ0n) is 11.5. The minimum atomic E-state index is -0.746. The van der Waals surface area contributed by atoms with E-state index in [1.807, 2.05) is 7.05 Å². The Hall–Kier alpha value is -0.610. The van der Waals surface area contributed by atoms with Crippen LogP contribution in [0, 0.1) is 11.8 Å². The van der Waals surface area contributed by atoms with Gasteiger partial charge in [-0.05, 0) is 18.8 Å². The molecule has 1 aliphatic carbocycles. The van der Waals surface area contributed by atoms with Gasteiger partial charge in [0.05, 0.1) is 5.60 Å². The van der Waals surface area contributed by atoms with Crippen molar-refractivity contribution in [3.05, 3.63) is 0 Å². The largest absolute Gasteiger partial charge is 0.388 e. The van der Waals surface area contributed by atoms with E-state index in [4.69, 9.17) is 4.74 Å². The van der Waals surface area contributed by atoms with E-state index in [2.05, 4.69) is 6.92 Å². The van der Waals surface area contributed by atoms with Crippen LogP contribution in [0.5, 0.6) is 0 Å². The molecule has 0 radical (unpaired) electrons. The number of carbonyl (C=O) groups excluding carboxylic acids is 1. The molecule has 1 aliphatic heterocycles. The SMILES string of the molecule is CC1CCCC1C(=O)N(C)CC1(O)CCOCC1. The van der Waals surface area contributed by atoms with E-state index in [0.29, 0.717) is 38.5 Å². The summed E-state index contributed by atoms with van der Waals surface area (Å²) in [5.74, 6) is 0.864. The van der Waals surface area contributed by atoms with Crippen molar-refractivity contribution in [2.45, 2.75) is 44.6 Å². The molecule has 2 atom stereocenters. The summed E-state index contributed by atoms with van der Waals surface area (Å²) in [5, 5.41) is 10.4. The minimum absolute atomic E-state index is 0.165. The van der Waals surface area contributed by atoms with Gasteiger partial charge in [0.2, 0.25) is 5.91 Å². The molecular weight excluding hydrogens is 230 g/mol. The van der Waals surface area contributed by atoms with Gasteiger partial charge >= 0.3 is 0 Å². The van der Waals surface area contributed by atoms with Gasteiger partial charge in [-0.3, -0.25) is 4.79 Å². The Kier molecular flexibility index (Phi) is 4.28. The monoisotopic (exact) mass is 255 g/mol. The highest BCUT2D eigenvalue weighted by atomic mass is 16.5. The molecule has 104 valence electrons. The Morgan fingerprint density at radius 3 is 2.61 bits per heavy atom. The average molecular weight is 255 g/mol. The molecule has 0 aromatic heterocycles. The quantitative estimate of drug-likeness (QED) is 0.830. The van der Waals surface area contributed by atoms with Gasteiger partial charge in [-0.1, -0.05) is 13.3 Å². The van der Waals surface area contributed by atoms with Crippen LogP contribution in [0.3, 0.4) is 0 Å². The van der Waals surface area contributed by atoms with Crippen LogP contribution in [0.1, 0.15) is 39.0 Å². The lowest BCUT2D eigenvalue weighted by atomic mass is 9.92. The van der Waals surface area contributed by atoms with Crippen molar-refractivity contribution in [3.63, 3.8) is 0 Å². The molecule has 2 fully saturated rings. The standard InChI is InChI=1S/C14H25NO3/c1-11-4-3-5-12(11)13(16)15(2)10-14(17)6-8-18-9-7-14/h11-12,17H,3-10H2,1-2H3. The van der Waals surface area contributed by atoms with E-state index in [9.17, 15) is 9.90 Å². The molecule has 1 saturated heterocycles. The summed E-state index contributed by atoms with van der Waals surface area (Å²) >= 11 is 0. The van der Waals surface area contributed by atoms with E-state index in [0.717, 1.165) is 19.3 Å². The lowest BCUT2D eigenvalue weighted by Gasteiger charge is -2.36. The molecule has 0 bridgehead atoms. The molecule has 0 spiro atoms. The number of rotatable bonds is 3.